The van der Waals surface area contributed by atoms with Gasteiger partial charge in [0.25, 0.3) is 0 Å². The van der Waals surface area contributed by atoms with Crippen molar-refractivity contribution in [2.24, 2.45) is 0 Å². The molecule has 4 nitrogen and oxygen atoms in total. The van der Waals surface area contributed by atoms with Crippen LogP contribution in [0.4, 0.5) is 11.4 Å². The second-order valence-electron chi connectivity index (χ2n) is 5.80. The molecule has 0 aromatic heterocycles. The first-order valence-corrected chi connectivity index (χ1v) is 8.91. The number of carbonyl (C=O) groups is 1. The number of benzene rings is 2. The Morgan fingerprint density at radius 2 is 2.04 bits per heavy atom. The molecule has 2 aromatic carbocycles. The monoisotopic (exact) mass is 337 g/mol. The number of para-hydroxylation sites is 2. The summed E-state index contributed by atoms with van der Waals surface area (Å²) >= 11 is 1.43. The van der Waals surface area contributed by atoms with Gasteiger partial charge in [0, 0.05) is 16.6 Å². The summed E-state index contributed by atoms with van der Waals surface area (Å²) in [4.78, 5) is 15.6. The first-order chi connectivity index (χ1) is 11.7. The maximum Gasteiger partial charge on any atom is 0.243 e. The van der Waals surface area contributed by atoms with Crippen LogP contribution in [0.2, 0.25) is 0 Å². The molecule has 5 heteroatoms. The van der Waals surface area contributed by atoms with Crippen LogP contribution < -0.4 is 10.2 Å². The summed E-state index contributed by atoms with van der Waals surface area (Å²) in [5.41, 5.74) is 3.21. The molecule has 24 heavy (non-hydrogen) atoms. The summed E-state index contributed by atoms with van der Waals surface area (Å²) in [5.74, 6) is 0.326. The van der Waals surface area contributed by atoms with Crippen molar-refractivity contribution < 1.29 is 4.79 Å². The van der Waals surface area contributed by atoms with Gasteiger partial charge in [0.1, 0.15) is 0 Å². The Labute approximate surface area is 146 Å². The molecule has 1 aliphatic heterocycles. The molecule has 1 aliphatic rings. The minimum atomic E-state index is -0.0384. The predicted octanol–water partition coefficient (Wildman–Crippen LogP) is 3.69. The Morgan fingerprint density at radius 1 is 1.29 bits per heavy atom. The smallest absolute Gasteiger partial charge is 0.243 e. The average Bonchev–Trinajstić information content (AvgIpc) is 2.90. The summed E-state index contributed by atoms with van der Waals surface area (Å²) in [6.07, 6.45) is 0.970. The molecule has 2 aromatic rings. The van der Waals surface area contributed by atoms with Crippen LogP contribution in [0.25, 0.3) is 0 Å². The van der Waals surface area contributed by atoms with Gasteiger partial charge in [-0.25, -0.2) is 0 Å². The number of rotatable bonds is 5. The van der Waals surface area contributed by atoms with Gasteiger partial charge in [-0.05, 0) is 37.1 Å². The van der Waals surface area contributed by atoms with Crippen LogP contribution in [-0.2, 0) is 11.2 Å². The topological polar surface area (TPSA) is 56.1 Å². The van der Waals surface area contributed by atoms with E-state index < -0.39 is 0 Å². The lowest BCUT2D eigenvalue weighted by atomic mass is 10.1. The van der Waals surface area contributed by atoms with Crippen molar-refractivity contribution >= 4 is 29.0 Å². The van der Waals surface area contributed by atoms with Gasteiger partial charge in [0.2, 0.25) is 5.91 Å². The molecule has 0 radical (unpaired) electrons. The molecule has 122 valence electrons. The molecular formula is C19H19N3OS. The van der Waals surface area contributed by atoms with Gasteiger partial charge >= 0.3 is 0 Å². The number of anilines is 2. The molecule has 0 aliphatic carbocycles. The molecule has 0 saturated heterocycles. The van der Waals surface area contributed by atoms with E-state index >= 15 is 0 Å². The zero-order valence-corrected chi connectivity index (χ0v) is 14.3. The van der Waals surface area contributed by atoms with Gasteiger partial charge in [-0.2, -0.15) is 5.26 Å². The minimum absolute atomic E-state index is 0.0384. The van der Waals surface area contributed by atoms with Crippen LogP contribution in [0.1, 0.15) is 12.5 Å². The predicted molar refractivity (Wildman–Crippen MR) is 98.4 cm³/mol. The standard InChI is InChI=1S/C19H19N3OS/c1-14-12-15-6-2-4-8-17(15)22(14)13-19(23)21-16-7-3-5-9-18(16)24-11-10-20/h2-9,14H,11-13H2,1H3,(H,21,23)/t14-/m0/s1. The molecule has 0 spiro atoms. The Bertz CT molecular complexity index is 784. The number of thioether (sulfide) groups is 1. The number of amides is 1. The highest BCUT2D eigenvalue weighted by Crippen LogP contribution is 2.32. The number of nitrogens with one attached hydrogen (secondary N) is 1. The summed E-state index contributed by atoms with van der Waals surface area (Å²) < 4.78 is 0. The van der Waals surface area contributed by atoms with Crippen molar-refractivity contribution in [2.45, 2.75) is 24.3 Å². The van der Waals surface area contributed by atoms with Gasteiger partial charge in [-0.15, -0.1) is 11.8 Å². The third-order valence-corrected chi connectivity index (χ3v) is 5.06. The van der Waals surface area contributed by atoms with Crippen molar-refractivity contribution in [2.75, 3.05) is 22.5 Å². The van der Waals surface area contributed by atoms with E-state index in [0.29, 0.717) is 18.3 Å². The van der Waals surface area contributed by atoms with E-state index in [1.807, 2.05) is 36.4 Å². The van der Waals surface area contributed by atoms with E-state index in [4.69, 9.17) is 5.26 Å². The maximum atomic E-state index is 12.5. The Kier molecular flexibility index (Phi) is 5.07. The fourth-order valence-electron chi connectivity index (χ4n) is 3.02. The summed E-state index contributed by atoms with van der Waals surface area (Å²) in [7, 11) is 0. The molecule has 0 saturated carbocycles. The molecule has 1 amide bonds. The molecule has 0 fully saturated rings. The number of hydrogen-bond donors (Lipinski definition) is 1. The lowest BCUT2D eigenvalue weighted by molar-refractivity contribution is -0.115. The van der Waals surface area contributed by atoms with Gasteiger partial charge in [-0.1, -0.05) is 30.3 Å². The van der Waals surface area contributed by atoms with Crippen molar-refractivity contribution in [3.63, 3.8) is 0 Å². The Balaban J connectivity index is 1.70. The van der Waals surface area contributed by atoms with Gasteiger partial charge < -0.3 is 10.2 Å². The molecular weight excluding hydrogens is 318 g/mol. The van der Waals surface area contributed by atoms with Crippen molar-refractivity contribution in [3.8, 4) is 6.07 Å². The van der Waals surface area contributed by atoms with E-state index in [1.54, 1.807) is 0 Å². The summed E-state index contributed by atoms with van der Waals surface area (Å²) in [5, 5.41) is 11.7. The fourth-order valence-corrected chi connectivity index (χ4v) is 3.69. The van der Waals surface area contributed by atoms with Crippen molar-refractivity contribution in [3.05, 3.63) is 54.1 Å². The van der Waals surface area contributed by atoms with E-state index in [1.165, 1.54) is 17.3 Å². The molecule has 1 atom stereocenters. The highest BCUT2D eigenvalue weighted by molar-refractivity contribution is 7.99. The number of nitriles is 1. The number of carbonyl (C=O) groups excluding carboxylic acids is 1. The quantitative estimate of drug-likeness (QED) is 0.846. The lowest BCUT2D eigenvalue weighted by Gasteiger charge is -2.24. The first-order valence-electron chi connectivity index (χ1n) is 7.92. The van der Waals surface area contributed by atoms with E-state index in [9.17, 15) is 4.79 Å². The maximum absolute atomic E-state index is 12.5. The third kappa shape index (κ3) is 3.55. The Hall–Kier alpha value is -2.45. The third-order valence-electron chi connectivity index (χ3n) is 4.12. The molecule has 0 unspecified atom stereocenters. The summed E-state index contributed by atoms with van der Waals surface area (Å²) in [6, 6.07) is 18.3. The van der Waals surface area contributed by atoms with Crippen LogP contribution in [0.3, 0.4) is 0 Å². The van der Waals surface area contributed by atoms with Crippen molar-refractivity contribution in [1.29, 1.82) is 5.26 Å². The highest BCUT2D eigenvalue weighted by Gasteiger charge is 2.27. The van der Waals surface area contributed by atoms with Gasteiger partial charge in [0.05, 0.1) is 24.1 Å². The highest BCUT2D eigenvalue weighted by atomic mass is 32.2. The number of hydrogen-bond acceptors (Lipinski definition) is 4. The SMILES string of the molecule is C[C@H]1Cc2ccccc2N1CC(=O)Nc1ccccc1SCC#N. The second-order valence-corrected chi connectivity index (χ2v) is 6.82. The van der Waals surface area contributed by atoms with Gasteiger partial charge in [-0.3, -0.25) is 4.79 Å². The molecule has 3 rings (SSSR count). The fraction of sp³-hybridized carbons (Fsp3) is 0.263. The Morgan fingerprint density at radius 3 is 2.88 bits per heavy atom. The van der Waals surface area contributed by atoms with E-state index in [2.05, 4.69) is 35.3 Å². The van der Waals surface area contributed by atoms with Crippen LogP contribution >= 0.6 is 11.8 Å². The van der Waals surface area contributed by atoms with E-state index in [-0.39, 0.29) is 5.91 Å². The zero-order chi connectivity index (χ0) is 16.9. The number of fused-ring (bicyclic) bond motifs is 1. The van der Waals surface area contributed by atoms with E-state index in [0.717, 1.165) is 22.7 Å². The van der Waals surface area contributed by atoms with Crippen LogP contribution in [0, 0.1) is 11.3 Å². The van der Waals surface area contributed by atoms with Crippen LogP contribution in [-0.4, -0.2) is 24.2 Å². The molecule has 0 bridgehead atoms. The molecule has 1 heterocycles. The van der Waals surface area contributed by atoms with Crippen LogP contribution in [0.5, 0.6) is 0 Å². The average molecular weight is 337 g/mol. The lowest BCUT2D eigenvalue weighted by Crippen LogP contribution is -2.37. The largest absolute Gasteiger partial charge is 0.359 e. The minimum Gasteiger partial charge on any atom is -0.359 e. The second kappa shape index (κ2) is 7.41. The van der Waals surface area contributed by atoms with Crippen molar-refractivity contribution in [1.82, 2.24) is 0 Å². The normalized spacial score (nSPS) is 15.7. The summed E-state index contributed by atoms with van der Waals surface area (Å²) in [6.45, 7) is 2.47. The number of nitrogens with zero attached hydrogens (tertiary/aromatic N) is 2. The van der Waals surface area contributed by atoms with Crippen LogP contribution in [0.15, 0.2) is 53.4 Å². The molecule has 1 N–H and O–H groups in total. The first kappa shape index (κ1) is 16.4. The zero-order valence-electron chi connectivity index (χ0n) is 13.5. The van der Waals surface area contributed by atoms with Gasteiger partial charge in [0.15, 0.2) is 0 Å².